The Hall–Kier alpha value is -3.79. The monoisotopic (exact) mass is 596 g/mol. The number of carbonyl (C=O) groups excluding carboxylic acids is 2. The predicted octanol–water partition coefficient (Wildman–Crippen LogP) is 5.11. The molecule has 3 atom stereocenters. The standard InChI is InChI=1S/C24H24F8N6O3/c1-9-16(38-41-37-9)23(40)35-17(10-4-6-24(31,32)7-5-10)21-33-13-3-2-11(15(27)18(13)34-21)12(8-14(25)26)22(39)36-20(30)19(28)29/h2-3,10,12,14,17,19-20H,4-8H2,1H3,(H,33,34)(H,35,40)(H,36,39)/t12?,17-,20?/m0/s1. The van der Waals surface area contributed by atoms with Gasteiger partial charge in [-0.05, 0) is 36.9 Å². The number of hydrogen-bond donors (Lipinski definition) is 3. The van der Waals surface area contributed by atoms with Crippen molar-refractivity contribution in [1.82, 2.24) is 30.9 Å². The predicted molar refractivity (Wildman–Crippen MR) is 125 cm³/mol. The topological polar surface area (TPSA) is 126 Å². The lowest BCUT2D eigenvalue weighted by Crippen LogP contribution is -2.40. The van der Waals surface area contributed by atoms with E-state index in [2.05, 4.69) is 30.2 Å². The molecule has 1 aliphatic carbocycles. The van der Waals surface area contributed by atoms with Crippen LogP contribution in [0.4, 0.5) is 35.1 Å². The van der Waals surface area contributed by atoms with Gasteiger partial charge in [-0.25, -0.2) is 44.7 Å². The minimum Gasteiger partial charge on any atom is -0.340 e. The van der Waals surface area contributed by atoms with E-state index < -0.39 is 90.9 Å². The first-order chi connectivity index (χ1) is 19.3. The molecule has 2 heterocycles. The minimum atomic E-state index is -3.64. The number of fused-ring (bicyclic) bond motifs is 1. The Balaban J connectivity index is 1.70. The van der Waals surface area contributed by atoms with Crippen LogP contribution in [0, 0.1) is 18.7 Å². The average molecular weight is 596 g/mol. The summed E-state index contributed by atoms with van der Waals surface area (Å²) >= 11 is 0. The summed E-state index contributed by atoms with van der Waals surface area (Å²) in [4.78, 5) is 32.2. The fraction of sp³-hybridized carbons (Fsp3) is 0.542. The Morgan fingerprint density at radius 3 is 2.37 bits per heavy atom. The van der Waals surface area contributed by atoms with Crippen molar-refractivity contribution in [1.29, 1.82) is 0 Å². The van der Waals surface area contributed by atoms with Crippen molar-refractivity contribution >= 4 is 22.8 Å². The third kappa shape index (κ3) is 6.75. The number of aryl methyl sites for hydroxylation is 1. The van der Waals surface area contributed by atoms with Crippen molar-refractivity contribution in [2.24, 2.45) is 5.92 Å². The highest BCUT2D eigenvalue weighted by Gasteiger charge is 2.40. The van der Waals surface area contributed by atoms with Crippen LogP contribution in [-0.4, -0.2) is 57.2 Å². The Bertz CT molecular complexity index is 1390. The minimum absolute atomic E-state index is 0.00641. The van der Waals surface area contributed by atoms with Gasteiger partial charge in [-0.2, -0.15) is 0 Å². The lowest BCUT2D eigenvalue weighted by Gasteiger charge is -2.33. The van der Waals surface area contributed by atoms with Gasteiger partial charge in [0.2, 0.25) is 24.6 Å². The Kier molecular flexibility index (Phi) is 8.82. The number of halogens is 8. The Morgan fingerprint density at radius 2 is 1.78 bits per heavy atom. The van der Waals surface area contributed by atoms with Crippen LogP contribution in [0.25, 0.3) is 11.0 Å². The maximum Gasteiger partial charge on any atom is 0.287 e. The maximum atomic E-state index is 15.6. The van der Waals surface area contributed by atoms with Crippen LogP contribution in [0.5, 0.6) is 0 Å². The molecule has 2 amide bonds. The zero-order valence-corrected chi connectivity index (χ0v) is 21.2. The lowest BCUT2D eigenvalue weighted by atomic mass is 9.81. The van der Waals surface area contributed by atoms with Gasteiger partial charge in [0.05, 0.1) is 17.5 Å². The number of aromatic nitrogens is 4. The molecule has 17 heteroatoms. The third-order valence-corrected chi connectivity index (χ3v) is 6.93. The fourth-order valence-electron chi connectivity index (χ4n) is 4.80. The molecule has 9 nitrogen and oxygen atoms in total. The number of nitrogens with one attached hydrogen (secondary N) is 3. The number of alkyl halides is 7. The molecule has 0 spiro atoms. The van der Waals surface area contributed by atoms with Crippen LogP contribution in [0.1, 0.15) is 71.6 Å². The Labute approximate surface area is 226 Å². The van der Waals surface area contributed by atoms with Gasteiger partial charge in [-0.1, -0.05) is 11.2 Å². The molecule has 4 rings (SSSR count). The molecule has 2 unspecified atom stereocenters. The van der Waals surface area contributed by atoms with Gasteiger partial charge in [0.15, 0.2) is 11.5 Å². The summed E-state index contributed by atoms with van der Waals surface area (Å²) in [5.41, 5.74) is -1.17. The summed E-state index contributed by atoms with van der Waals surface area (Å²) in [6.45, 7) is 1.44. The number of rotatable bonds is 10. The SMILES string of the molecule is Cc1nonc1C(=O)N[C@H](c1nc2c(F)c(C(CC(F)F)C(=O)NC(F)C(F)F)ccc2[nH]1)C1CCC(F)(F)CC1. The van der Waals surface area contributed by atoms with Crippen LogP contribution < -0.4 is 10.6 Å². The lowest BCUT2D eigenvalue weighted by molar-refractivity contribution is -0.127. The number of amides is 2. The Morgan fingerprint density at radius 1 is 1.10 bits per heavy atom. The summed E-state index contributed by atoms with van der Waals surface area (Å²) in [6, 6.07) is 1.06. The normalized spacial score (nSPS) is 18.0. The first-order valence-corrected chi connectivity index (χ1v) is 12.4. The smallest absolute Gasteiger partial charge is 0.287 e. The molecule has 1 aliphatic rings. The van der Waals surface area contributed by atoms with E-state index in [1.807, 2.05) is 0 Å². The van der Waals surface area contributed by atoms with E-state index in [9.17, 15) is 40.3 Å². The summed E-state index contributed by atoms with van der Waals surface area (Å²) in [7, 11) is 0. The van der Waals surface area contributed by atoms with Crippen LogP contribution in [0.2, 0.25) is 0 Å². The molecule has 0 saturated heterocycles. The number of H-pyrrole nitrogens is 1. The van der Waals surface area contributed by atoms with E-state index in [1.165, 1.54) is 18.3 Å². The highest BCUT2D eigenvalue weighted by atomic mass is 19.3. The van der Waals surface area contributed by atoms with E-state index in [4.69, 9.17) is 0 Å². The van der Waals surface area contributed by atoms with E-state index in [1.54, 1.807) is 0 Å². The number of carbonyl (C=O) groups is 2. The summed E-state index contributed by atoms with van der Waals surface area (Å²) in [5.74, 6) is -9.24. The van der Waals surface area contributed by atoms with Gasteiger partial charge >= 0.3 is 0 Å². The largest absolute Gasteiger partial charge is 0.340 e. The molecule has 0 aliphatic heterocycles. The molecule has 1 aromatic carbocycles. The van der Waals surface area contributed by atoms with Crippen molar-refractivity contribution in [2.45, 2.75) is 76.1 Å². The molecule has 0 bridgehead atoms. The van der Waals surface area contributed by atoms with Crippen LogP contribution in [0.15, 0.2) is 16.8 Å². The van der Waals surface area contributed by atoms with E-state index in [0.717, 1.165) is 6.07 Å². The molecule has 224 valence electrons. The van der Waals surface area contributed by atoms with Crippen molar-refractivity contribution in [3.05, 3.63) is 40.7 Å². The van der Waals surface area contributed by atoms with E-state index in [-0.39, 0.29) is 35.6 Å². The molecule has 2 aromatic heterocycles. The molecule has 3 N–H and O–H groups in total. The van der Waals surface area contributed by atoms with Gasteiger partial charge in [0.25, 0.3) is 12.3 Å². The van der Waals surface area contributed by atoms with Crippen molar-refractivity contribution in [3.8, 4) is 0 Å². The number of nitrogens with zero attached hydrogens (tertiary/aromatic N) is 3. The molecule has 3 aromatic rings. The molecule has 1 fully saturated rings. The van der Waals surface area contributed by atoms with Gasteiger partial charge in [0.1, 0.15) is 17.0 Å². The molecule has 41 heavy (non-hydrogen) atoms. The fourth-order valence-corrected chi connectivity index (χ4v) is 4.80. The highest BCUT2D eigenvalue weighted by Crippen LogP contribution is 2.41. The number of benzene rings is 1. The first-order valence-electron chi connectivity index (χ1n) is 12.4. The zero-order valence-electron chi connectivity index (χ0n) is 21.2. The van der Waals surface area contributed by atoms with E-state index >= 15 is 4.39 Å². The quantitative estimate of drug-likeness (QED) is 0.221. The second-order valence-corrected chi connectivity index (χ2v) is 9.75. The molecule has 1 saturated carbocycles. The first kappa shape index (κ1) is 30.2. The van der Waals surface area contributed by atoms with Crippen molar-refractivity contribution in [3.63, 3.8) is 0 Å². The summed E-state index contributed by atoms with van der Waals surface area (Å²) in [5, 5.41) is 10.9. The van der Waals surface area contributed by atoms with Crippen LogP contribution in [-0.2, 0) is 4.79 Å². The average Bonchev–Trinajstić information content (AvgIpc) is 3.53. The van der Waals surface area contributed by atoms with Gasteiger partial charge < -0.3 is 15.6 Å². The third-order valence-electron chi connectivity index (χ3n) is 6.93. The molecular formula is C24H24F8N6O3. The van der Waals surface area contributed by atoms with Gasteiger partial charge in [-0.15, -0.1) is 0 Å². The summed E-state index contributed by atoms with van der Waals surface area (Å²) in [6.07, 6.45) is -12.3. The number of imidazole rings is 1. The molecular weight excluding hydrogens is 572 g/mol. The van der Waals surface area contributed by atoms with Crippen molar-refractivity contribution < 1.29 is 49.3 Å². The second kappa shape index (κ2) is 12.0. The van der Waals surface area contributed by atoms with Crippen LogP contribution in [0.3, 0.4) is 0 Å². The highest BCUT2D eigenvalue weighted by molar-refractivity contribution is 5.93. The second-order valence-electron chi connectivity index (χ2n) is 9.75. The number of aromatic amines is 1. The number of hydrogen-bond acceptors (Lipinski definition) is 6. The molecule has 0 radical (unpaired) electrons. The van der Waals surface area contributed by atoms with Crippen molar-refractivity contribution in [2.75, 3.05) is 0 Å². The maximum absolute atomic E-state index is 15.6. The van der Waals surface area contributed by atoms with Gasteiger partial charge in [0, 0.05) is 24.8 Å². The zero-order chi connectivity index (χ0) is 30.1. The van der Waals surface area contributed by atoms with Crippen LogP contribution >= 0.6 is 0 Å². The van der Waals surface area contributed by atoms with E-state index in [0.29, 0.717) is 0 Å². The van der Waals surface area contributed by atoms with Gasteiger partial charge in [-0.3, -0.25) is 9.59 Å². The summed E-state index contributed by atoms with van der Waals surface area (Å²) < 4.78 is 113.